The lowest BCUT2D eigenvalue weighted by Gasteiger charge is -2.17. The predicted octanol–water partition coefficient (Wildman–Crippen LogP) is 7.04. The zero-order chi connectivity index (χ0) is 30.0. The highest BCUT2D eigenvalue weighted by atomic mass is 16.3. The van der Waals surface area contributed by atoms with Gasteiger partial charge in [-0.15, -0.1) is 0 Å². The summed E-state index contributed by atoms with van der Waals surface area (Å²) in [5.41, 5.74) is 12.7. The number of hydrazine groups is 1. The van der Waals surface area contributed by atoms with E-state index in [1.807, 2.05) is 43.3 Å². The molecule has 4 aromatic carbocycles. The minimum atomic E-state index is -0.941. The summed E-state index contributed by atoms with van der Waals surface area (Å²) < 4.78 is 2.30. The van der Waals surface area contributed by atoms with E-state index in [9.17, 15) is 9.90 Å². The molecule has 5 rings (SSSR count). The summed E-state index contributed by atoms with van der Waals surface area (Å²) in [5.74, 6) is 5.85. The molecule has 42 heavy (non-hydrogen) atoms. The fourth-order valence-corrected chi connectivity index (χ4v) is 5.61. The first-order valence-electron chi connectivity index (χ1n) is 14.5. The van der Waals surface area contributed by atoms with Crippen molar-refractivity contribution in [3.63, 3.8) is 0 Å². The van der Waals surface area contributed by atoms with E-state index in [1.165, 1.54) is 16.8 Å². The third-order valence-electron chi connectivity index (χ3n) is 8.34. The first-order chi connectivity index (χ1) is 20.2. The van der Waals surface area contributed by atoms with Crippen LogP contribution in [0, 0.1) is 13.8 Å². The molecule has 2 unspecified atom stereocenters. The highest BCUT2D eigenvalue weighted by Crippen LogP contribution is 2.30. The van der Waals surface area contributed by atoms with Crippen LogP contribution in [0.1, 0.15) is 82.8 Å². The van der Waals surface area contributed by atoms with Crippen LogP contribution in [0.15, 0.2) is 91.0 Å². The van der Waals surface area contributed by atoms with Gasteiger partial charge in [0.1, 0.15) is 6.23 Å². The Kier molecular flexibility index (Phi) is 8.59. The summed E-state index contributed by atoms with van der Waals surface area (Å²) in [5, 5.41) is 14.5. The van der Waals surface area contributed by atoms with Gasteiger partial charge in [-0.2, -0.15) is 0 Å². The number of rotatable bonds is 9. The van der Waals surface area contributed by atoms with E-state index in [1.54, 1.807) is 0 Å². The Morgan fingerprint density at radius 3 is 2.31 bits per heavy atom. The van der Waals surface area contributed by atoms with Crippen molar-refractivity contribution in [2.24, 2.45) is 5.84 Å². The molecule has 5 aromatic rings. The van der Waals surface area contributed by atoms with Gasteiger partial charge in [0.2, 0.25) is 0 Å². The summed E-state index contributed by atoms with van der Waals surface area (Å²) in [4.78, 5) is 13.3. The van der Waals surface area contributed by atoms with E-state index in [0.717, 1.165) is 38.7 Å². The lowest BCUT2D eigenvalue weighted by molar-refractivity contribution is 0.0940. The number of amides is 1. The first kappa shape index (κ1) is 29.3. The van der Waals surface area contributed by atoms with Gasteiger partial charge in [-0.3, -0.25) is 10.6 Å². The highest BCUT2D eigenvalue weighted by Gasteiger charge is 2.17. The second kappa shape index (κ2) is 12.3. The Morgan fingerprint density at radius 1 is 0.881 bits per heavy atom. The smallest absolute Gasteiger partial charge is 0.251 e. The maximum atomic E-state index is 13.3. The summed E-state index contributed by atoms with van der Waals surface area (Å²) >= 11 is 0. The van der Waals surface area contributed by atoms with Gasteiger partial charge in [-0.1, -0.05) is 86.6 Å². The maximum absolute atomic E-state index is 13.3. The van der Waals surface area contributed by atoms with Crippen LogP contribution in [0.4, 0.5) is 0 Å². The standard InChI is InChI=1S/C36H40N4O2/c1-22(2)28-9-8-10-29(19-28)24(4)38-35(41)30-17-18-34-33(20-30)23(3)25(5)40(34)21-26-13-15-27(16-14-26)31-11-6-7-12-32(31)36(42)39-37/h6-20,22,24,36,39,42H,21,37H2,1-5H3,(H,38,41). The number of aliphatic hydroxyl groups is 1. The number of aromatic nitrogens is 1. The molecule has 0 radical (unpaired) electrons. The largest absolute Gasteiger partial charge is 0.373 e. The molecule has 0 fully saturated rings. The molecule has 0 aliphatic carbocycles. The number of benzene rings is 4. The van der Waals surface area contributed by atoms with Crippen molar-refractivity contribution in [1.29, 1.82) is 0 Å². The van der Waals surface area contributed by atoms with Crippen LogP contribution in [-0.2, 0) is 6.54 Å². The molecule has 0 bridgehead atoms. The summed E-state index contributed by atoms with van der Waals surface area (Å²) in [7, 11) is 0. The molecule has 0 saturated carbocycles. The average Bonchev–Trinajstić information content (AvgIpc) is 3.25. The predicted molar refractivity (Wildman–Crippen MR) is 171 cm³/mol. The normalized spacial score (nSPS) is 13.0. The maximum Gasteiger partial charge on any atom is 0.251 e. The topological polar surface area (TPSA) is 92.3 Å². The Hall–Kier alpha value is -4.23. The number of aliphatic hydroxyl groups excluding tert-OH is 1. The lowest BCUT2D eigenvalue weighted by atomic mass is 9.98. The van der Waals surface area contributed by atoms with Crippen molar-refractivity contribution in [2.75, 3.05) is 0 Å². The van der Waals surface area contributed by atoms with E-state index >= 15 is 0 Å². The van der Waals surface area contributed by atoms with Crippen molar-refractivity contribution in [1.82, 2.24) is 15.3 Å². The fourth-order valence-electron chi connectivity index (χ4n) is 5.61. The zero-order valence-corrected chi connectivity index (χ0v) is 25.0. The molecular formula is C36H40N4O2. The third kappa shape index (κ3) is 5.88. The first-order valence-corrected chi connectivity index (χ1v) is 14.5. The van der Waals surface area contributed by atoms with E-state index in [-0.39, 0.29) is 11.9 Å². The monoisotopic (exact) mass is 560 g/mol. The van der Waals surface area contributed by atoms with Crippen LogP contribution in [-0.4, -0.2) is 15.6 Å². The Morgan fingerprint density at radius 2 is 1.60 bits per heavy atom. The van der Waals surface area contributed by atoms with Gasteiger partial charge >= 0.3 is 0 Å². The van der Waals surface area contributed by atoms with Gasteiger partial charge < -0.3 is 15.0 Å². The summed E-state index contributed by atoms with van der Waals surface area (Å²) in [6.45, 7) is 11.3. The van der Waals surface area contributed by atoms with Crippen LogP contribution in [0.25, 0.3) is 22.0 Å². The van der Waals surface area contributed by atoms with E-state index in [0.29, 0.717) is 18.0 Å². The second-order valence-corrected chi connectivity index (χ2v) is 11.4. The Bertz CT molecular complexity index is 1720. The van der Waals surface area contributed by atoms with Crippen molar-refractivity contribution >= 4 is 16.8 Å². The molecule has 2 atom stereocenters. The molecule has 0 spiro atoms. The number of aryl methyl sites for hydroxylation is 1. The minimum absolute atomic E-state index is 0.0741. The van der Waals surface area contributed by atoms with Crippen LogP contribution in [0.2, 0.25) is 0 Å². The van der Waals surface area contributed by atoms with Crippen LogP contribution >= 0.6 is 0 Å². The number of hydrogen-bond acceptors (Lipinski definition) is 4. The van der Waals surface area contributed by atoms with Gasteiger partial charge in [0, 0.05) is 34.3 Å². The van der Waals surface area contributed by atoms with Crippen LogP contribution in [0.5, 0.6) is 0 Å². The number of carbonyl (C=O) groups is 1. The Labute approximate surface area is 248 Å². The number of fused-ring (bicyclic) bond motifs is 1. The van der Waals surface area contributed by atoms with E-state index in [2.05, 4.69) is 97.6 Å². The molecule has 1 aromatic heterocycles. The molecule has 0 aliphatic heterocycles. The van der Waals surface area contributed by atoms with Crippen molar-refractivity contribution in [3.8, 4) is 11.1 Å². The lowest BCUT2D eigenvalue weighted by Crippen LogP contribution is -2.27. The molecule has 1 heterocycles. The van der Waals surface area contributed by atoms with Gasteiger partial charge in [0.25, 0.3) is 5.91 Å². The minimum Gasteiger partial charge on any atom is -0.373 e. The number of carbonyl (C=O) groups excluding carboxylic acids is 1. The number of nitrogens with one attached hydrogen (secondary N) is 2. The van der Waals surface area contributed by atoms with Crippen LogP contribution < -0.4 is 16.6 Å². The SMILES string of the molecule is Cc1c(C)n(Cc2ccc(-c3ccccc3C(O)NN)cc2)c2ccc(C(=O)NC(C)c3cccc(C(C)C)c3)cc12. The molecule has 5 N–H and O–H groups in total. The van der Waals surface area contributed by atoms with Gasteiger partial charge in [-0.25, -0.2) is 5.43 Å². The molecule has 1 amide bonds. The van der Waals surface area contributed by atoms with E-state index < -0.39 is 6.23 Å². The van der Waals surface area contributed by atoms with Crippen molar-refractivity contribution in [2.45, 2.75) is 59.4 Å². The number of nitrogens with two attached hydrogens (primary N) is 1. The third-order valence-corrected chi connectivity index (χ3v) is 8.34. The van der Waals surface area contributed by atoms with Crippen LogP contribution in [0.3, 0.4) is 0 Å². The molecule has 216 valence electrons. The van der Waals surface area contributed by atoms with Gasteiger partial charge in [-0.05, 0) is 78.3 Å². The number of nitrogens with zero attached hydrogens (tertiary/aromatic N) is 1. The van der Waals surface area contributed by atoms with Gasteiger partial charge in [0.05, 0.1) is 6.04 Å². The molecule has 0 aliphatic rings. The second-order valence-electron chi connectivity index (χ2n) is 11.4. The quantitative estimate of drug-likeness (QED) is 0.0884. The molecular weight excluding hydrogens is 520 g/mol. The van der Waals surface area contributed by atoms with E-state index in [4.69, 9.17) is 5.84 Å². The fraction of sp³-hybridized carbons (Fsp3) is 0.250. The highest BCUT2D eigenvalue weighted by molar-refractivity contribution is 5.99. The summed E-state index contributed by atoms with van der Waals surface area (Å²) in [6, 6.07) is 30.4. The Balaban J connectivity index is 1.36. The summed E-state index contributed by atoms with van der Waals surface area (Å²) in [6.07, 6.45) is -0.941. The average molecular weight is 561 g/mol. The number of hydrogen-bond donors (Lipinski definition) is 4. The van der Waals surface area contributed by atoms with Crippen molar-refractivity contribution < 1.29 is 9.90 Å². The van der Waals surface area contributed by atoms with Gasteiger partial charge in [0.15, 0.2) is 0 Å². The molecule has 6 nitrogen and oxygen atoms in total. The molecule has 0 saturated heterocycles. The zero-order valence-electron chi connectivity index (χ0n) is 25.0. The van der Waals surface area contributed by atoms with Crippen molar-refractivity contribution in [3.05, 3.63) is 130 Å². The molecule has 6 heteroatoms.